The number of para-hydroxylation sites is 1. The van der Waals surface area contributed by atoms with Crippen molar-refractivity contribution in [2.75, 3.05) is 30.0 Å². The minimum atomic E-state index is -0.759. The van der Waals surface area contributed by atoms with Crippen LogP contribution in [0.25, 0.3) is 0 Å². The number of halogens is 1. The smallest absolute Gasteiger partial charge is 0.340 e. The lowest BCUT2D eigenvalue weighted by atomic mass is 10.0. The number of anilines is 2. The third-order valence-corrected chi connectivity index (χ3v) is 7.21. The molecule has 2 N–H and O–H groups in total. The van der Waals surface area contributed by atoms with Crippen molar-refractivity contribution in [3.05, 3.63) is 80.0 Å². The van der Waals surface area contributed by atoms with Crippen molar-refractivity contribution in [1.29, 1.82) is 0 Å². The molecule has 40 heavy (non-hydrogen) atoms. The Labute approximate surface area is 241 Å². The predicted molar refractivity (Wildman–Crippen MR) is 154 cm³/mol. The molecule has 1 aliphatic heterocycles. The highest BCUT2D eigenvalue weighted by atomic mass is 35.5. The molecule has 1 aliphatic rings. The molecule has 3 amide bonds. The van der Waals surface area contributed by atoms with Crippen LogP contribution < -0.4 is 15.5 Å². The van der Waals surface area contributed by atoms with Crippen LogP contribution >= 0.6 is 22.9 Å². The molecule has 0 spiro atoms. The van der Waals surface area contributed by atoms with Crippen LogP contribution in [0.1, 0.15) is 62.3 Å². The second-order valence-corrected chi connectivity index (χ2v) is 11.9. The first kappa shape index (κ1) is 29.3. The maximum absolute atomic E-state index is 13.4. The summed E-state index contributed by atoms with van der Waals surface area (Å²) in [5.41, 5.74) is 1.92. The van der Waals surface area contributed by atoms with E-state index in [2.05, 4.69) is 10.6 Å². The van der Waals surface area contributed by atoms with E-state index in [0.29, 0.717) is 39.2 Å². The Balaban J connectivity index is 1.61. The van der Waals surface area contributed by atoms with E-state index in [9.17, 15) is 19.2 Å². The maximum atomic E-state index is 13.4. The highest BCUT2D eigenvalue weighted by Gasteiger charge is 2.25. The van der Waals surface area contributed by atoms with Gasteiger partial charge < -0.3 is 25.0 Å². The third kappa shape index (κ3) is 7.07. The molecule has 3 aromatic rings. The zero-order chi connectivity index (χ0) is 29.0. The van der Waals surface area contributed by atoms with Gasteiger partial charge in [-0.15, -0.1) is 11.3 Å². The van der Waals surface area contributed by atoms with Crippen molar-refractivity contribution in [2.45, 2.75) is 39.8 Å². The van der Waals surface area contributed by atoms with Crippen LogP contribution in [0.15, 0.2) is 48.5 Å². The molecule has 1 saturated heterocycles. The third-order valence-electron chi connectivity index (χ3n) is 5.98. The second-order valence-electron chi connectivity index (χ2n) is 10.2. The Hall–Kier alpha value is -3.73. The summed E-state index contributed by atoms with van der Waals surface area (Å²) in [5.74, 6) is -1.55. The molecule has 11 heteroatoms. The van der Waals surface area contributed by atoms with Gasteiger partial charge in [0, 0.05) is 24.3 Å². The van der Waals surface area contributed by atoms with Crippen LogP contribution in [-0.4, -0.2) is 49.1 Å². The minimum absolute atomic E-state index is 0.0158. The second kappa shape index (κ2) is 12.2. The first-order chi connectivity index (χ1) is 18.9. The molecule has 2 heterocycles. The number of benzene rings is 2. The van der Waals surface area contributed by atoms with Crippen molar-refractivity contribution in [2.24, 2.45) is 0 Å². The Morgan fingerprint density at radius 1 is 1.10 bits per heavy atom. The number of amides is 3. The lowest BCUT2D eigenvalue weighted by Gasteiger charge is -2.28. The van der Waals surface area contributed by atoms with E-state index in [1.165, 1.54) is 0 Å². The fourth-order valence-electron chi connectivity index (χ4n) is 4.16. The van der Waals surface area contributed by atoms with Gasteiger partial charge in [-0.25, -0.2) is 4.79 Å². The average molecular weight is 584 g/mol. The quantitative estimate of drug-likeness (QED) is 0.369. The van der Waals surface area contributed by atoms with E-state index in [1.54, 1.807) is 74.2 Å². The van der Waals surface area contributed by atoms with Gasteiger partial charge in [0.05, 0.1) is 27.1 Å². The molecule has 1 fully saturated rings. The van der Waals surface area contributed by atoms with Crippen LogP contribution in [0.2, 0.25) is 4.34 Å². The topological polar surface area (TPSA) is 114 Å². The summed E-state index contributed by atoms with van der Waals surface area (Å²) in [6.07, 6.45) is 0. The molecular weight excluding hydrogens is 554 g/mol. The maximum Gasteiger partial charge on any atom is 0.340 e. The highest BCUT2D eigenvalue weighted by molar-refractivity contribution is 7.18. The monoisotopic (exact) mass is 583 g/mol. The lowest BCUT2D eigenvalue weighted by Crippen LogP contribution is -2.42. The molecule has 0 radical (unpaired) electrons. The Kier molecular flexibility index (Phi) is 8.92. The minimum Gasteiger partial charge on any atom is -0.456 e. The Morgan fingerprint density at radius 3 is 2.52 bits per heavy atom. The average Bonchev–Trinajstić information content (AvgIpc) is 3.33. The largest absolute Gasteiger partial charge is 0.456 e. The first-order valence-corrected chi connectivity index (χ1v) is 13.8. The van der Waals surface area contributed by atoms with Crippen molar-refractivity contribution >= 4 is 58.0 Å². The van der Waals surface area contributed by atoms with Gasteiger partial charge in [0.1, 0.15) is 12.2 Å². The predicted octanol–water partition coefficient (Wildman–Crippen LogP) is 5.21. The van der Waals surface area contributed by atoms with Crippen LogP contribution in [0.3, 0.4) is 0 Å². The summed E-state index contributed by atoms with van der Waals surface area (Å²) < 4.78 is 11.3. The van der Waals surface area contributed by atoms with Crippen LogP contribution in [0, 0.1) is 6.92 Å². The molecule has 2 aromatic carbocycles. The van der Waals surface area contributed by atoms with E-state index in [4.69, 9.17) is 21.1 Å². The van der Waals surface area contributed by atoms with Gasteiger partial charge in [-0.3, -0.25) is 14.4 Å². The van der Waals surface area contributed by atoms with Gasteiger partial charge in [-0.2, -0.15) is 0 Å². The number of hydrogen-bond acceptors (Lipinski definition) is 7. The standard InChI is InChI=1S/C29H30ClN3O6S/c1-17-14-18(8-9-21(17)33-12-13-38-16-24(33)34)26(35)32-25-19(15-31-27(36)22-10-11-23(30)40-22)6-5-7-20(25)28(37)39-29(2,3)4/h5-11,14H,12-13,15-16H2,1-4H3,(H,31,36)(H,32,35). The van der Waals surface area contributed by atoms with E-state index in [1.807, 2.05) is 6.92 Å². The zero-order valence-corrected chi connectivity index (χ0v) is 24.2. The number of esters is 1. The number of ether oxygens (including phenoxy) is 2. The summed E-state index contributed by atoms with van der Waals surface area (Å²) in [5, 5.41) is 5.67. The number of carbonyl (C=O) groups is 4. The summed E-state index contributed by atoms with van der Waals surface area (Å²) in [6.45, 7) is 8.00. The van der Waals surface area contributed by atoms with Crippen molar-refractivity contribution < 1.29 is 28.7 Å². The van der Waals surface area contributed by atoms with Crippen molar-refractivity contribution in [1.82, 2.24) is 5.32 Å². The summed E-state index contributed by atoms with van der Waals surface area (Å²) >= 11 is 7.11. The molecule has 1 aromatic heterocycles. The fourth-order valence-corrected chi connectivity index (χ4v) is 5.11. The zero-order valence-electron chi connectivity index (χ0n) is 22.6. The number of nitrogens with zero attached hydrogens (tertiary/aromatic N) is 1. The number of morpholine rings is 1. The van der Waals surface area contributed by atoms with Gasteiger partial charge in [-0.1, -0.05) is 23.7 Å². The van der Waals surface area contributed by atoms with Crippen LogP contribution in [-0.2, 0) is 20.8 Å². The van der Waals surface area contributed by atoms with E-state index in [-0.39, 0.29) is 36.2 Å². The summed E-state index contributed by atoms with van der Waals surface area (Å²) in [7, 11) is 0. The summed E-state index contributed by atoms with van der Waals surface area (Å²) in [6, 6.07) is 13.2. The number of nitrogens with one attached hydrogen (secondary N) is 2. The van der Waals surface area contributed by atoms with Gasteiger partial charge in [0.2, 0.25) is 0 Å². The first-order valence-electron chi connectivity index (χ1n) is 12.6. The van der Waals surface area contributed by atoms with E-state index < -0.39 is 17.5 Å². The van der Waals surface area contributed by atoms with Crippen LogP contribution in [0.5, 0.6) is 0 Å². The molecule has 0 aliphatic carbocycles. The summed E-state index contributed by atoms with van der Waals surface area (Å²) in [4.78, 5) is 53.5. The van der Waals surface area contributed by atoms with Crippen molar-refractivity contribution in [3.63, 3.8) is 0 Å². The molecule has 9 nitrogen and oxygen atoms in total. The molecular formula is C29H30ClN3O6S. The van der Waals surface area contributed by atoms with Gasteiger partial charge >= 0.3 is 5.97 Å². The number of thiophene rings is 1. The highest BCUT2D eigenvalue weighted by Crippen LogP contribution is 2.28. The molecule has 0 unspecified atom stereocenters. The Morgan fingerprint density at radius 2 is 1.88 bits per heavy atom. The molecule has 0 atom stereocenters. The van der Waals surface area contributed by atoms with Crippen molar-refractivity contribution in [3.8, 4) is 0 Å². The Bertz CT molecular complexity index is 1460. The fraction of sp³-hybridized carbons (Fsp3) is 0.310. The number of aryl methyl sites for hydroxylation is 1. The van der Waals surface area contributed by atoms with E-state index >= 15 is 0 Å². The molecule has 210 valence electrons. The van der Waals surface area contributed by atoms with Gasteiger partial charge in [-0.05, 0) is 75.2 Å². The number of carbonyl (C=O) groups excluding carboxylic acids is 4. The molecule has 0 saturated carbocycles. The van der Waals surface area contributed by atoms with Gasteiger partial charge in [0.25, 0.3) is 17.7 Å². The van der Waals surface area contributed by atoms with Crippen LogP contribution in [0.4, 0.5) is 11.4 Å². The molecule has 4 rings (SSSR count). The normalized spacial score (nSPS) is 13.6. The number of hydrogen-bond donors (Lipinski definition) is 2. The number of rotatable bonds is 7. The SMILES string of the molecule is Cc1cc(C(=O)Nc2c(CNC(=O)c3ccc(Cl)s3)cccc2C(=O)OC(C)(C)C)ccc1N1CCOCC1=O. The van der Waals surface area contributed by atoms with E-state index in [0.717, 1.165) is 16.9 Å². The lowest BCUT2D eigenvalue weighted by molar-refractivity contribution is -0.125. The molecule has 0 bridgehead atoms. The van der Waals surface area contributed by atoms with Gasteiger partial charge in [0.15, 0.2) is 0 Å².